The summed E-state index contributed by atoms with van der Waals surface area (Å²) in [4.78, 5) is 20.1. The van der Waals surface area contributed by atoms with Crippen molar-refractivity contribution < 1.29 is 9.53 Å². The van der Waals surface area contributed by atoms with Gasteiger partial charge in [0.1, 0.15) is 0 Å². The number of nitrogens with one attached hydrogen (secondary N) is 2. The van der Waals surface area contributed by atoms with Crippen LogP contribution in [0.15, 0.2) is 36.8 Å². The van der Waals surface area contributed by atoms with Crippen LogP contribution >= 0.6 is 0 Å². The maximum atomic E-state index is 12.1. The Bertz CT molecular complexity index is 584. The summed E-state index contributed by atoms with van der Waals surface area (Å²) in [5.74, 6) is 0.364. The number of amides is 1. The van der Waals surface area contributed by atoms with Gasteiger partial charge in [0, 0.05) is 43.9 Å². The minimum atomic E-state index is -0.182. The fourth-order valence-corrected chi connectivity index (χ4v) is 1.71. The highest BCUT2D eigenvalue weighted by Crippen LogP contribution is 2.12. The molecule has 0 aliphatic heterocycles. The smallest absolute Gasteiger partial charge is 0.255 e. The summed E-state index contributed by atoms with van der Waals surface area (Å²) in [7, 11) is 3.32. The molecule has 0 aliphatic rings. The molecule has 0 aromatic carbocycles. The van der Waals surface area contributed by atoms with Crippen molar-refractivity contribution in [1.29, 1.82) is 0 Å². The molecule has 2 rings (SSSR count). The van der Waals surface area contributed by atoms with E-state index in [9.17, 15) is 4.79 Å². The van der Waals surface area contributed by atoms with Crippen LogP contribution in [0.3, 0.4) is 0 Å². The average Bonchev–Trinajstić information content (AvgIpc) is 2.53. The lowest BCUT2D eigenvalue weighted by Crippen LogP contribution is -2.24. The zero-order valence-electron chi connectivity index (χ0n) is 11.4. The summed E-state index contributed by atoms with van der Waals surface area (Å²) in [6.07, 6.45) is 4.84. The molecule has 0 spiro atoms. The van der Waals surface area contributed by atoms with E-state index in [-0.39, 0.29) is 5.91 Å². The number of nitrogens with zero attached hydrogens (tertiary/aromatic N) is 2. The second-order valence-corrected chi connectivity index (χ2v) is 4.06. The molecule has 2 heterocycles. The summed E-state index contributed by atoms with van der Waals surface area (Å²) in [6, 6.07) is 5.36. The summed E-state index contributed by atoms with van der Waals surface area (Å²) in [6.45, 7) is 0.397. The van der Waals surface area contributed by atoms with Gasteiger partial charge < -0.3 is 15.4 Å². The molecule has 2 aromatic rings. The molecule has 0 unspecified atom stereocenters. The largest absolute Gasteiger partial charge is 0.481 e. The molecular formula is C14H16N4O2. The van der Waals surface area contributed by atoms with Crippen molar-refractivity contribution in [2.75, 3.05) is 19.5 Å². The standard InChI is InChI=1S/C14H16N4O2/c1-15-12-5-6-16-9-11(12)14(19)18-8-10-3-4-13(20-2)17-7-10/h3-7,9H,8H2,1-2H3,(H,15,16)(H,18,19). The van der Waals surface area contributed by atoms with Gasteiger partial charge >= 0.3 is 0 Å². The van der Waals surface area contributed by atoms with Gasteiger partial charge in [0.25, 0.3) is 5.91 Å². The topological polar surface area (TPSA) is 76.1 Å². The van der Waals surface area contributed by atoms with Crippen molar-refractivity contribution in [3.05, 3.63) is 47.9 Å². The van der Waals surface area contributed by atoms with E-state index in [1.165, 1.54) is 6.20 Å². The first-order valence-corrected chi connectivity index (χ1v) is 6.13. The van der Waals surface area contributed by atoms with Gasteiger partial charge in [-0.1, -0.05) is 6.07 Å². The molecule has 0 atom stereocenters. The van der Waals surface area contributed by atoms with Crippen molar-refractivity contribution >= 4 is 11.6 Å². The maximum absolute atomic E-state index is 12.1. The van der Waals surface area contributed by atoms with E-state index >= 15 is 0 Å². The Labute approximate surface area is 117 Å². The minimum absolute atomic E-state index is 0.182. The van der Waals surface area contributed by atoms with E-state index in [1.807, 2.05) is 6.07 Å². The SMILES string of the molecule is CNc1ccncc1C(=O)NCc1ccc(OC)nc1. The van der Waals surface area contributed by atoms with Gasteiger partial charge in [0.15, 0.2) is 0 Å². The number of aromatic nitrogens is 2. The molecule has 0 aliphatic carbocycles. The van der Waals surface area contributed by atoms with Crippen LogP contribution in [0.25, 0.3) is 0 Å². The van der Waals surface area contributed by atoms with E-state index in [0.29, 0.717) is 18.0 Å². The molecule has 2 N–H and O–H groups in total. The molecule has 2 aromatic heterocycles. The first kappa shape index (κ1) is 13.8. The zero-order chi connectivity index (χ0) is 14.4. The molecule has 0 bridgehead atoms. The van der Waals surface area contributed by atoms with E-state index in [2.05, 4.69) is 20.6 Å². The van der Waals surface area contributed by atoms with Gasteiger partial charge in [0.05, 0.1) is 12.7 Å². The Morgan fingerprint density at radius 1 is 1.30 bits per heavy atom. The third-order valence-electron chi connectivity index (χ3n) is 2.79. The van der Waals surface area contributed by atoms with E-state index in [1.54, 1.807) is 38.7 Å². The lowest BCUT2D eigenvalue weighted by Gasteiger charge is -2.09. The van der Waals surface area contributed by atoms with Gasteiger partial charge in [-0.25, -0.2) is 4.98 Å². The van der Waals surface area contributed by atoms with Crippen LogP contribution in [0.5, 0.6) is 5.88 Å². The van der Waals surface area contributed by atoms with Gasteiger partial charge in [0.2, 0.25) is 5.88 Å². The summed E-state index contributed by atoms with van der Waals surface area (Å²) in [5, 5.41) is 5.79. The summed E-state index contributed by atoms with van der Waals surface area (Å²) < 4.78 is 4.98. The number of carbonyl (C=O) groups is 1. The lowest BCUT2D eigenvalue weighted by molar-refractivity contribution is 0.0951. The number of anilines is 1. The molecule has 1 amide bonds. The fraction of sp³-hybridized carbons (Fsp3) is 0.214. The fourth-order valence-electron chi connectivity index (χ4n) is 1.71. The Balaban J connectivity index is 2.01. The van der Waals surface area contributed by atoms with Crippen LogP contribution in [-0.4, -0.2) is 30.0 Å². The molecule has 0 saturated carbocycles. The van der Waals surface area contributed by atoms with Crippen LogP contribution in [0, 0.1) is 0 Å². The normalized spacial score (nSPS) is 9.90. The van der Waals surface area contributed by atoms with Crippen molar-refractivity contribution in [2.45, 2.75) is 6.54 Å². The number of rotatable bonds is 5. The minimum Gasteiger partial charge on any atom is -0.481 e. The molecule has 0 saturated heterocycles. The molecule has 0 fully saturated rings. The number of pyridine rings is 2. The van der Waals surface area contributed by atoms with Crippen molar-refractivity contribution in [1.82, 2.24) is 15.3 Å². The van der Waals surface area contributed by atoms with Gasteiger partial charge in [-0.05, 0) is 11.6 Å². The number of methoxy groups -OCH3 is 1. The molecule has 104 valence electrons. The highest BCUT2D eigenvalue weighted by Gasteiger charge is 2.10. The Morgan fingerprint density at radius 2 is 2.15 bits per heavy atom. The van der Waals surface area contributed by atoms with Crippen molar-refractivity contribution in [3.8, 4) is 5.88 Å². The Kier molecular flexibility index (Phi) is 4.49. The van der Waals surface area contributed by atoms with E-state index in [0.717, 1.165) is 11.3 Å². The molecule has 20 heavy (non-hydrogen) atoms. The third kappa shape index (κ3) is 3.23. The van der Waals surface area contributed by atoms with Crippen LogP contribution < -0.4 is 15.4 Å². The van der Waals surface area contributed by atoms with E-state index in [4.69, 9.17) is 4.74 Å². The molecule has 6 heteroatoms. The van der Waals surface area contributed by atoms with Crippen molar-refractivity contribution in [3.63, 3.8) is 0 Å². The average molecular weight is 272 g/mol. The number of hydrogen-bond donors (Lipinski definition) is 2. The van der Waals surface area contributed by atoms with Crippen LogP contribution in [0.4, 0.5) is 5.69 Å². The Hall–Kier alpha value is -2.63. The first-order chi connectivity index (χ1) is 9.74. The predicted molar refractivity (Wildman–Crippen MR) is 75.7 cm³/mol. The number of carbonyl (C=O) groups excluding carboxylic acids is 1. The molecule has 0 radical (unpaired) electrons. The quantitative estimate of drug-likeness (QED) is 0.861. The van der Waals surface area contributed by atoms with Gasteiger partial charge in [-0.2, -0.15) is 0 Å². The maximum Gasteiger partial charge on any atom is 0.255 e. The highest BCUT2D eigenvalue weighted by molar-refractivity contribution is 5.99. The Morgan fingerprint density at radius 3 is 2.80 bits per heavy atom. The summed E-state index contributed by atoms with van der Waals surface area (Å²) >= 11 is 0. The predicted octanol–water partition coefficient (Wildman–Crippen LogP) is 1.46. The van der Waals surface area contributed by atoms with E-state index < -0.39 is 0 Å². The summed E-state index contributed by atoms with van der Waals surface area (Å²) in [5.41, 5.74) is 2.15. The zero-order valence-corrected chi connectivity index (χ0v) is 11.4. The van der Waals surface area contributed by atoms with Gasteiger partial charge in [-0.15, -0.1) is 0 Å². The second kappa shape index (κ2) is 6.51. The number of ether oxygens (including phenoxy) is 1. The van der Waals surface area contributed by atoms with Crippen LogP contribution in [0.1, 0.15) is 15.9 Å². The highest BCUT2D eigenvalue weighted by atomic mass is 16.5. The number of hydrogen-bond acceptors (Lipinski definition) is 5. The van der Waals surface area contributed by atoms with Gasteiger partial charge in [-0.3, -0.25) is 9.78 Å². The monoisotopic (exact) mass is 272 g/mol. The van der Waals surface area contributed by atoms with Crippen LogP contribution in [-0.2, 0) is 6.54 Å². The van der Waals surface area contributed by atoms with Crippen LogP contribution in [0.2, 0.25) is 0 Å². The molecule has 6 nitrogen and oxygen atoms in total. The third-order valence-corrected chi connectivity index (χ3v) is 2.79. The van der Waals surface area contributed by atoms with Crippen molar-refractivity contribution in [2.24, 2.45) is 0 Å². The first-order valence-electron chi connectivity index (χ1n) is 6.13. The molecular weight excluding hydrogens is 256 g/mol. The second-order valence-electron chi connectivity index (χ2n) is 4.06. The lowest BCUT2D eigenvalue weighted by atomic mass is 10.2.